The van der Waals surface area contributed by atoms with Crippen LogP contribution in [0.2, 0.25) is 0 Å². The predicted molar refractivity (Wildman–Crippen MR) is 66.2 cm³/mol. The second kappa shape index (κ2) is 5.50. The molecule has 1 aromatic rings. The smallest absolute Gasteiger partial charge is 0.235 e. The lowest BCUT2D eigenvalue weighted by atomic mass is 10.1. The third kappa shape index (κ3) is 2.86. The molecule has 0 radical (unpaired) electrons. The van der Waals surface area contributed by atoms with Crippen LogP contribution in [0, 0.1) is 0 Å². The van der Waals surface area contributed by atoms with Gasteiger partial charge in [0.1, 0.15) is 5.88 Å². The van der Waals surface area contributed by atoms with Crippen molar-refractivity contribution in [1.82, 2.24) is 10.3 Å². The highest BCUT2D eigenvalue weighted by Gasteiger charge is 2.22. The van der Waals surface area contributed by atoms with Gasteiger partial charge < -0.3 is 10.2 Å². The summed E-state index contributed by atoms with van der Waals surface area (Å²) in [7, 11) is 0. The van der Waals surface area contributed by atoms with E-state index < -0.39 is 0 Å². The molecule has 0 bridgehead atoms. The van der Waals surface area contributed by atoms with Gasteiger partial charge in [-0.3, -0.25) is 4.79 Å². The number of hydrogen-bond acceptors (Lipinski definition) is 4. The lowest BCUT2D eigenvalue weighted by Gasteiger charge is -2.32. The molecule has 1 aliphatic heterocycles. The van der Waals surface area contributed by atoms with Gasteiger partial charge >= 0.3 is 0 Å². The molecule has 1 unspecified atom stereocenters. The molecule has 1 aromatic heterocycles. The van der Waals surface area contributed by atoms with Crippen molar-refractivity contribution in [2.24, 2.45) is 0 Å². The average molecular weight is 260 g/mol. The predicted octanol–water partition coefficient (Wildman–Crippen LogP) is 1.47. The molecule has 1 aliphatic rings. The molecule has 1 saturated heterocycles. The number of piperidine rings is 1. The van der Waals surface area contributed by atoms with Crippen LogP contribution in [-0.2, 0) is 4.79 Å². The van der Waals surface area contributed by atoms with E-state index in [1.807, 2.05) is 5.38 Å². The first-order valence-corrected chi connectivity index (χ1v) is 6.71. The molecule has 4 nitrogen and oxygen atoms in total. The van der Waals surface area contributed by atoms with Gasteiger partial charge in [0.25, 0.3) is 0 Å². The molecular weight excluding hydrogens is 246 g/mol. The van der Waals surface area contributed by atoms with E-state index in [0.717, 1.165) is 31.1 Å². The minimum absolute atomic E-state index is 0.0355. The number of nitrogens with one attached hydrogen (secondary N) is 1. The monoisotopic (exact) mass is 259 g/mol. The number of anilines is 1. The van der Waals surface area contributed by atoms with Crippen molar-refractivity contribution in [3.05, 3.63) is 11.6 Å². The fraction of sp³-hybridized carbons (Fsp3) is 0.600. The summed E-state index contributed by atoms with van der Waals surface area (Å²) in [4.78, 5) is 17.7. The van der Waals surface area contributed by atoms with E-state index in [-0.39, 0.29) is 17.8 Å². The van der Waals surface area contributed by atoms with Crippen molar-refractivity contribution >= 4 is 34.0 Å². The number of nitrogens with zero attached hydrogens (tertiary/aromatic N) is 2. The van der Waals surface area contributed by atoms with Crippen molar-refractivity contribution in [2.75, 3.05) is 23.9 Å². The fourth-order valence-electron chi connectivity index (χ4n) is 1.91. The summed E-state index contributed by atoms with van der Waals surface area (Å²) >= 11 is 7.10. The van der Waals surface area contributed by atoms with E-state index in [1.54, 1.807) is 17.5 Å². The van der Waals surface area contributed by atoms with Crippen LogP contribution in [0.15, 0.2) is 11.6 Å². The highest BCUT2D eigenvalue weighted by Crippen LogP contribution is 2.21. The Morgan fingerprint density at radius 1 is 1.75 bits per heavy atom. The zero-order valence-corrected chi connectivity index (χ0v) is 10.4. The summed E-state index contributed by atoms with van der Waals surface area (Å²) in [6, 6.07) is 0.198. The van der Waals surface area contributed by atoms with Gasteiger partial charge in [0.2, 0.25) is 5.91 Å². The van der Waals surface area contributed by atoms with Crippen molar-refractivity contribution in [2.45, 2.75) is 18.9 Å². The lowest BCUT2D eigenvalue weighted by Crippen LogP contribution is -2.48. The van der Waals surface area contributed by atoms with E-state index in [9.17, 15) is 4.79 Å². The van der Waals surface area contributed by atoms with Crippen LogP contribution in [0.4, 0.5) is 5.13 Å². The molecule has 0 saturated carbocycles. The second-order valence-corrected chi connectivity index (χ2v) is 4.94. The molecule has 0 aliphatic carbocycles. The maximum atomic E-state index is 11.2. The largest absolute Gasteiger partial charge is 0.351 e. The van der Waals surface area contributed by atoms with Crippen LogP contribution >= 0.6 is 22.9 Å². The zero-order chi connectivity index (χ0) is 11.4. The van der Waals surface area contributed by atoms with Gasteiger partial charge in [0.15, 0.2) is 5.13 Å². The first-order chi connectivity index (χ1) is 7.79. The molecule has 1 atom stereocenters. The van der Waals surface area contributed by atoms with Crippen molar-refractivity contribution in [3.8, 4) is 0 Å². The Kier molecular flexibility index (Phi) is 4.01. The number of rotatable bonds is 3. The Bertz CT molecular complexity index is 344. The maximum absolute atomic E-state index is 11.2. The number of carbonyl (C=O) groups is 1. The molecule has 88 valence electrons. The lowest BCUT2D eigenvalue weighted by molar-refractivity contribution is -0.119. The summed E-state index contributed by atoms with van der Waals surface area (Å²) in [5.41, 5.74) is 0. The van der Waals surface area contributed by atoms with Gasteiger partial charge in [-0.05, 0) is 12.8 Å². The molecule has 1 N–H and O–H groups in total. The van der Waals surface area contributed by atoms with E-state index in [0.29, 0.717) is 0 Å². The summed E-state index contributed by atoms with van der Waals surface area (Å²) in [5, 5.41) is 5.93. The maximum Gasteiger partial charge on any atom is 0.235 e. The molecule has 6 heteroatoms. The fourth-order valence-corrected chi connectivity index (χ4v) is 2.66. The number of carbonyl (C=O) groups excluding carboxylic acids is 1. The molecular formula is C10H14ClN3OS. The average Bonchev–Trinajstić information content (AvgIpc) is 2.83. The van der Waals surface area contributed by atoms with Gasteiger partial charge in [-0.1, -0.05) is 0 Å². The molecule has 1 amide bonds. The van der Waals surface area contributed by atoms with Crippen LogP contribution in [0.1, 0.15) is 12.8 Å². The Balaban J connectivity index is 1.91. The van der Waals surface area contributed by atoms with Gasteiger partial charge in [0.05, 0.1) is 0 Å². The molecule has 1 fully saturated rings. The first-order valence-electron chi connectivity index (χ1n) is 5.29. The quantitative estimate of drug-likeness (QED) is 0.836. The third-order valence-electron chi connectivity index (χ3n) is 2.60. The second-order valence-electron chi connectivity index (χ2n) is 3.80. The van der Waals surface area contributed by atoms with Crippen LogP contribution in [0.3, 0.4) is 0 Å². The molecule has 16 heavy (non-hydrogen) atoms. The SMILES string of the molecule is O=C(CCl)NC1CCCN(c2nccs2)C1. The van der Waals surface area contributed by atoms with Crippen molar-refractivity contribution in [3.63, 3.8) is 0 Å². The third-order valence-corrected chi connectivity index (χ3v) is 3.67. The number of amides is 1. The first kappa shape index (κ1) is 11.7. The Morgan fingerprint density at radius 2 is 2.62 bits per heavy atom. The number of hydrogen-bond donors (Lipinski definition) is 1. The minimum Gasteiger partial charge on any atom is -0.351 e. The van der Waals surface area contributed by atoms with Gasteiger partial charge in [-0.15, -0.1) is 22.9 Å². The van der Waals surface area contributed by atoms with E-state index in [4.69, 9.17) is 11.6 Å². The van der Waals surface area contributed by atoms with E-state index in [2.05, 4.69) is 15.2 Å². The zero-order valence-electron chi connectivity index (χ0n) is 8.86. The van der Waals surface area contributed by atoms with E-state index in [1.165, 1.54) is 0 Å². The summed E-state index contributed by atoms with van der Waals surface area (Å²) in [6.07, 6.45) is 3.90. The number of alkyl halides is 1. The van der Waals surface area contributed by atoms with E-state index >= 15 is 0 Å². The summed E-state index contributed by atoms with van der Waals surface area (Å²) in [6.45, 7) is 1.84. The minimum atomic E-state index is -0.0901. The van der Waals surface area contributed by atoms with Crippen LogP contribution < -0.4 is 10.2 Å². The highest BCUT2D eigenvalue weighted by atomic mass is 35.5. The standard InChI is InChI=1S/C10H14ClN3OS/c11-6-9(15)13-8-2-1-4-14(7-8)10-12-3-5-16-10/h3,5,8H,1-2,4,6-7H2,(H,13,15). The summed E-state index contributed by atoms with van der Waals surface area (Å²) < 4.78 is 0. The summed E-state index contributed by atoms with van der Waals surface area (Å²) in [5.74, 6) is -0.0547. The number of halogens is 1. The number of thiazole rings is 1. The Labute approximate surface area is 104 Å². The van der Waals surface area contributed by atoms with Crippen molar-refractivity contribution in [1.29, 1.82) is 0 Å². The van der Waals surface area contributed by atoms with Crippen LogP contribution in [0.5, 0.6) is 0 Å². The highest BCUT2D eigenvalue weighted by molar-refractivity contribution is 7.13. The normalized spacial score (nSPS) is 20.8. The molecule has 0 aromatic carbocycles. The van der Waals surface area contributed by atoms with Gasteiger partial charge in [-0.2, -0.15) is 0 Å². The number of aromatic nitrogens is 1. The Morgan fingerprint density at radius 3 is 3.31 bits per heavy atom. The van der Waals surface area contributed by atoms with Crippen LogP contribution in [-0.4, -0.2) is 35.9 Å². The topological polar surface area (TPSA) is 45.2 Å². The van der Waals surface area contributed by atoms with Crippen molar-refractivity contribution < 1.29 is 4.79 Å². The molecule has 0 spiro atoms. The van der Waals surface area contributed by atoms with Crippen LogP contribution in [0.25, 0.3) is 0 Å². The molecule has 2 heterocycles. The van der Waals surface area contributed by atoms with Gasteiger partial charge in [0, 0.05) is 30.7 Å². The molecule has 2 rings (SSSR count). The van der Waals surface area contributed by atoms with Gasteiger partial charge in [-0.25, -0.2) is 4.98 Å². The Hall–Kier alpha value is -0.810.